The third-order valence-electron chi connectivity index (χ3n) is 4.48. The number of hydrogen-bond acceptors (Lipinski definition) is 2. The van der Waals surface area contributed by atoms with Crippen LogP contribution < -0.4 is 10.7 Å². The zero-order valence-electron chi connectivity index (χ0n) is 13.6. The number of benzene rings is 3. The SMILES string of the molecule is Nc1[nH+]c(C(Cc2ccc(F)cc2)c2ccc3ccccc3c2)cs1. The summed E-state index contributed by atoms with van der Waals surface area (Å²) in [7, 11) is 0. The van der Waals surface area contributed by atoms with Gasteiger partial charge in [-0.05, 0) is 40.5 Å². The first-order valence-corrected chi connectivity index (χ1v) is 9.06. The van der Waals surface area contributed by atoms with Crippen molar-refractivity contribution < 1.29 is 9.37 Å². The highest BCUT2D eigenvalue weighted by Gasteiger charge is 2.20. The summed E-state index contributed by atoms with van der Waals surface area (Å²) in [5, 5.41) is 5.20. The van der Waals surface area contributed by atoms with Gasteiger partial charge in [-0.1, -0.05) is 65.9 Å². The number of H-pyrrole nitrogens is 1. The van der Waals surface area contributed by atoms with E-state index in [2.05, 4.69) is 46.8 Å². The van der Waals surface area contributed by atoms with Gasteiger partial charge in [-0.25, -0.2) is 9.37 Å². The first-order valence-electron chi connectivity index (χ1n) is 8.18. The van der Waals surface area contributed by atoms with Gasteiger partial charge in [-0.15, -0.1) is 0 Å². The number of thiazole rings is 1. The molecule has 3 N–H and O–H groups in total. The molecule has 1 unspecified atom stereocenters. The Balaban J connectivity index is 1.76. The zero-order chi connectivity index (χ0) is 17.2. The van der Waals surface area contributed by atoms with E-state index >= 15 is 0 Å². The molecule has 4 aromatic rings. The molecular formula is C21H18FN2S+. The predicted octanol–water partition coefficient (Wildman–Crippen LogP) is 4.81. The number of fused-ring (bicyclic) bond motifs is 1. The third kappa shape index (κ3) is 3.39. The largest absolute Gasteiger partial charge is 0.329 e. The Labute approximate surface area is 149 Å². The second kappa shape index (κ2) is 6.65. The van der Waals surface area contributed by atoms with Crippen LogP contribution >= 0.6 is 11.3 Å². The molecule has 0 aliphatic rings. The lowest BCUT2D eigenvalue weighted by atomic mass is 9.88. The average Bonchev–Trinajstić information content (AvgIpc) is 3.07. The van der Waals surface area contributed by atoms with Crippen LogP contribution in [0.25, 0.3) is 10.8 Å². The maximum atomic E-state index is 13.2. The van der Waals surface area contributed by atoms with E-state index in [9.17, 15) is 4.39 Å². The van der Waals surface area contributed by atoms with Crippen LogP contribution in [0.15, 0.2) is 72.1 Å². The fourth-order valence-electron chi connectivity index (χ4n) is 3.19. The second-order valence-electron chi connectivity index (χ2n) is 6.17. The molecule has 124 valence electrons. The number of aromatic nitrogens is 1. The van der Waals surface area contributed by atoms with E-state index < -0.39 is 0 Å². The summed E-state index contributed by atoms with van der Waals surface area (Å²) < 4.78 is 13.2. The molecule has 0 radical (unpaired) electrons. The summed E-state index contributed by atoms with van der Waals surface area (Å²) in [5.74, 6) is -0.0686. The van der Waals surface area contributed by atoms with Crippen LogP contribution in [0.3, 0.4) is 0 Å². The molecule has 0 fully saturated rings. The van der Waals surface area contributed by atoms with Gasteiger partial charge >= 0.3 is 5.13 Å². The Kier molecular flexibility index (Phi) is 4.20. The number of halogens is 1. The van der Waals surface area contributed by atoms with Gasteiger partial charge in [0.25, 0.3) is 0 Å². The molecule has 0 amide bonds. The fraction of sp³-hybridized carbons (Fsp3) is 0.0952. The lowest BCUT2D eigenvalue weighted by Crippen LogP contribution is -2.17. The molecule has 1 aromatic heterocycles. The van der Waals surface area contributed by atoms with Crippen LogP contribution in [0.4, 0.5) is 9.52 Å². The van der Waals surface area contributed by atoms with Crippen molar-refractivity contribution in [3.8, 4) is 0 Å². The molecule has 4 heteroatoms. The lowest BCUT2D eigenvalue weighted by molar-refractivity contribution is -0.368. The second-order valence-corrected chi connectivity index (χ2v) is 7.08. The zero-order valence-corrected chi connectivity index (χ0v) is 14.4. The summed E-state index contributed by atoms with van der Waals surface area (Å²) in [6.07, 6.45) is 0.783. The Hall–Kier alpha value is -2.72. The standard InChI is InChI=1S/C21H17FN2S/c22-18-9-5-14(6-10-18)11-19(20-13-25-21(23)24-20)17-8-7-15-3-1-2-4-16(15)12-17/h1-10,12-13,19H,11H2,(H2,23,24)/p+1. The summed E-state index contributed by atoms with van der Waals surface area (Å²) in [6.45, 7) is 0. The number of nitrogen functional groups attached to an aromatic ring is 1. The van der Waals surface area contributed by atoms with Crippen molar-refractivity contribution in [3.05, 3.63) is 94.7 Å². The maximum absolute atomic E-state index is 13.2. The van der Waals surface area contributed by atoms with Gasteiger partial charge in [-0.3, -0.25) is 5.73 Å². The van der Waals surface area contributed by atoms with Crippen molar-refractivity contribution in [2.45, 2.75) is 12.3 Å². The van der Waals surface area contributed by atoms with Crippen LogP contribution in [0.2, 0.25) is 0 Å². The average molecular weight is 349 g/mol. The van der Waals surface area contributed by atoms with E-state index in [0.717, 1.165) is 17.7 Å². The molecule has 0 aliphatic carbocycles. The van der Waals surface area contributed by atoms with E-state index in [4.69, 9.17) is 5.73 Å². The first-order chi connectivity index (χ1) is 12.2. The normalized spacial score (nSPS) is 12.4. The molecular weight excluding hydrogens is 331 g/mol. The Morgan fingerprint density at radius 2 is 1.72 bits per heavy atom. The molecule has 0 spiro atoms. The number of hydrogen-bond donors (Lipinski definition) is 1. The summed E-state index contributed by atoms with van der Waals surface area (Å²) >= 11 is 1.51. The van der Waals surface area contributed by atoms with Crippen LogP contribution in [0.1, 0.15) is 22.7 Å². The van der Waals surface area contributed by atoms with Crippen molar-refractivity contribution in [2.75, 3.05) is 5.73 Å². The van der Waals surface area contributed by atoms with E-state index in [0.29, 0.717) is 5.13 Å². The maximum Gasteiger partial charge on any atom is 0.329 e. The highest BCUT2D eigenvalue weighted by Crippen LogP contribution is 2.30. The number of anilines is 1. The third-order valence-corrected chi connectivity index (χ3v) is 5.21. The number of nitrogens with two attached hydrogens (primary N) is 1. The lowest BCUT2D eigenvalue weighted by Gasteiger charge is -2.15. The number of nitrogens with one attached hydrogen (secondary N) is 1. The molecule has 0 aliphatic heterocycles. The topological polar surface area (TPSA) is 40.2 Å². The molecule has 1 heterocycles. The molecule has 0 saturated carbocycles. The van der Waals surface area contributed by atoms with Crippen LogP contribution in [-0.4, -0.2) is 0 Å². The fourth-order valence-corrected chi connectivity index (χ4v) is 3.84. The minimum Gasteiger partial charge on any atom is -0.278 e. The molecule has 4 rings (SSSR count). The van der Waals surface area contributed by atoms with Gasteiger partial charge in [0.2, 0.25) is 0 Å². The molecule has 2 nitrogen and oxygen atoms in total. The molecule has 3 aromatic carbocycles. The van der Waals surface area contributed by atoms with Crippen molar-refractivity contribution in [1.82, 2.24) is 0 Å². The molecule has 0 saturated heterocycles. The number of aromatic amines is 1. The van der Waals surface area contributed by atoms with Gasteiger partial charge in [0.15, 0.2) is 0 Å². The van der Waals surface area contributed by atoms with Gasteiger partial charge in [0.05, 0.1) is 5.92 Å². The summed E-state index contributed by atoms with van der Waals surface area (Å²) in [4.78, 5) is 3.28. The summed E-state index contributed by atoms with van der Waals surface area (Å²) in [6, 6.07) is 21.6. The van der Waals surface area contributed by atoms with Crippen molar-refractivity contribution in [3.63, 3.8) is 0 Å². The van der Waals surface area contributed by atoms with Crippen LogP contribution in [-0.2, 0) is 6.42 Å². The number of rotatable bonds is 4. The van der Waals surface area contributed by atoms with Gasteiger partial charge in [0.1, 0.15) is 11.5 Å². The van der Waals surface area contributed by atoms with Crippen molar-refractivity contribution >= 4 is 27.2 Å². The Bertz CT molecular complexity index is 1010. The summed E-state index contributed by atoms with van der Waals surface area (Å²) in [5.41, 5.74) is 9.31. The Morgan fingerprint density at radius 1 is 0.960 bits per heavy atom. The van der Waals surface area contributed by atoms with E-state index in [1.807, 2.05) is 18.2 Å². The van der Waals surface area contributed by atoms with E-state index in [1.54, 1.807) is 0 Å². The highest BCUT2D eigenvalue weighted by atomic mass is 32.1. The van der Waals surface area contributed by atoms with Gasteiger partial charge in [0, 0.05) is 5.38 Å². The van der Waals surface area contributed by atoms with Crippen molar-refractivity contribution in [2.24, 2.45) is 0 Å². The van der Waals surface area contributed by atoms with Crippen LogP contribution in [0.5, 0.6) is 0 Å². The smallest absolute Gasteiger partial charge is 0.278 e. The minimum atomic E-state index is -0.211. The van der Waals surface area contributed by atoms with Gasteiger partial charge in [-0.2, -0.15) is 0 Å². The van der Waals surface area contributed by atoms with Crippen LogP contribution in [0, 0.1) is 5.82 Å². The van der Waals surface area contributed by atoms with Crippen molar-refractivity contribution in [1.29, 1.82) is 0 Å². The van der Waals surface area contributed by atoms with E-state index in [1.165, 1.54) is 39.8 Å². The highest BCUT2D eigenvalue weighted by molar-refractivity contribution is 7.13. The monoisotopic (exact) mass is 349 g/mol. The predicted molar refractivity (Wildman–Crippen MR) is 101 cm³/mol. The molecule has 1 atom stereocenters. The van der Waals surface area contributed by atoms with E-state index in [-0.39, 0.29) is 11.7 Å². The van der Waals surface area contributed by atoms with Gasteiger partial charge < -0.3 is 0 Å². The minimum absolute atomic E-state index is 0.142. The quantitative estimate of drug-likeness (QED) is 0.564. The Morgan fingerprint density at radius 3 is 2.44 bits per heavy atom. The first kappa shape index (κ1) is 15.8. The molecule has 0 bridgehead atoms. The molecule has 25 heavy (non-hydrogen) atoms.